The lowest BCUT2D eigenvalue weighted by atomic mass is 10.1. The first-order chi connectivity index (χ1) is 8.45. The minimum atomic E-state index is -1.10. The van der Waals surface area contributed by atoms with Gasteiger partial charge in [-0.3, -0.25) is 4.79 Å². The van der Waals surface area contributed by atoms with E-state index in [2.05, 4.69) is 11.9 Å². The fourth-order valence-electron chi connectivity index (χ4n) is 1.27. The van der Waals surface area contributed by atoms with E-state index >= 15 is 0 Å². The van der Waals surface area contributed by atoms with Crippen LogP contribution >= 0.6 is 34.2 Å². The Morgan fingerprint density at radius 1 is 1.56 bits per heavy atom. The Morgan fingerprint density at radius 2 is 2.22 bits per heavy atom. The van der Waals surface area contributed by atoms with Gasteiger partial charge < -0.3 is 10.4 Å². The number of halogens is 2. The van der Waals surface area contributed by atoms with Crippen LogP contribution in [-0.4, -0.2) is 23.0 Å². The van der Waals surface area contributed by atoms with Crippen LogP contribution < -0.4 is 5.32 Å². The topological polar surface area (TPSA) is 66.4 Å². The second-order valence-electron chi connectivity index (χ2n) is 3.52. The number of carboxylic acids is 1. The Kier molecular flexibility index (Phi) is 5.61. The van der Waals surface area contributed by atoms with Crippen molar-refractivity contribution < 1.29 is 14.7 Å². The zero-order chi connectivity index (χ0) is 13.7. The summed E-state index contributed by atoms with van der Waals surface area (Å²) in [5.41, 5.74) is 0.329. The van der Waals surface area contributed by atoms with Gasteiger partial charge in [-0.2, -0.15) is 0 Å². The zero-order valence-corrected chi connectivity index (χ0v) is 12.2. The van der Waals surface area contributed by atoms with E-state index in [0.29, 0.717) is 10.6 Å². The molecule has 0 heterocycles. The second-order valence-corrected chi connectivity index (χ2v) is 5.09. The molecule has 0 aromatic heterocycles. The number of hydrogen-bond acceptors (Lipinski definition) is 2. The van der Waals surface area contributed by atoms with Gasteiger partial charge in [-0.1, -0.05) is 17.7 Å². The van der Waals surface area contributed by atoms with E-state index in [1.165, 1.54) is 12.1 Å². The average Bonchev–Trinajstić information content (AvgIpc) is 2.31. The third kappa shape index (κ3) is 3.99. The van der Waals surface area contributed by atoms with Crippen LogP contribution in [0.5, 0.6) is 0 Å². The first-order valence-electron chi connectivity index (χ1n) is 5.05. The van der Waals surface area contributed by atoms with Crippen LogP contribution in [0.4, 0.5) is 0 Å². The molecule has 2 N–H and O–H groups in total. The van der Waals surface area contributed by atoms with Gasteiger partial charge in [0.15, 0.2) is 0 Å². The lowest BCUT2D eigenvalue weighted by molar-refractivity contribution is -0.139. The average molecular weight is 380 g/mol. The molecule has 1 unspecified atom stereocenters. The molecular weight excluding hydrogens is 368 g/mol. The van der Waals surface area contributed by atoms with Crippen molar-refractivity contribution in [3.05, 3.63) is 45.0 Å². The van der Waals surface area contributed by atoms with Gasteiger partial charge in [0.2, 0.25) is 0 Å². The monoisotopic (exact) mass is 379 g/mol. The molecule has 4 nitrogen and oxygen atoms in total. The number of carbonyl (C=O) groups is 2. The van der Waals surface area contributed by atoms with Crippen molar-refractivity contribution in [3.63, 3.8) is 0 Å². The molecule has 1 rings (SSSR count). The van der Waals surface area contributed by atoms with Gasteiger partial charge in [0.25, 0.3) is 5.91 Å². The van der Waals surface area contributed by atoms with Gasteiger partial charge in [0.1, 0.15) is 6.04 Å². The molecule has 0 saturated heterocycles. The standard InChI is InChI=1S/C12H11ClINO3/c1-2-3-10(12(17)18)15-11(16)7-4-5-9(14)8(13)6-7/h2,4-6,10H,1,3H2,(H,15,16)(H,17,18). The van der Waals surface area contributed by atoms with Gasteiger partial charge >= 0.3 is 5.97 Å². The summed E-state index contributed by atoms with van der Waals surface area (Å²) >= 11 is 7.94. The number of carboxylic acid groups (broad SMARTS) is 1. The van der Waals surface area contributed by atoms with Gasteiger partial charge in [0, 0.05) is 9.13 Å². The third-order valence-electron chi connectivity index (χ3n) is 2.19. The molecule has 1 amide bonds. The predicted octanol–water partition coefficient (Wildman–Crippen LogP) is 2.70. The molecule has 0 aliphatic carbocycles. The van der Waals surface area contributed by atoms with Crippen LogP contribution in [0.25, 0.3) is 0 Å². The summed E-state index contributed by atoms with van der Waals surface area (Å²) in [5, 5.41) is 11.8. The van der Waals surface area contributed by atoms with Gasteiger partial charge in [0.05, 0.1) is 5.02 Å². The quantitative estimate of drug-likeness (QED) is 0.611. The summed E-state index contributed by atoms with van der Waals surface area (Å²) in [4.78, 5) is 22.7. The number of hydrogen-bond donors (Lipinski definition) is 2. The molecule has 1 aromatic rings. The summed E-state index contributed by atoms with van der Waals surface area (Å²) in [6.07, 6.45) is 1.61. The van der Waals surface area contributed by atoms with Gasteiger partial charge in [-0.15, -0.1) is 6.58 Å². The van der Waals surface area contributed by atoms with E-state index in [1.807, 2.05) is 22.6 Å². The Morgan fingerprint density at radius 3 is 2.72 bits per heavy atom. The van der Waals surface area contributed by atoms with Crippen LogP contribution in [-0.2, 0) is 4.79 Å². The first kappa shape index (κ1) is 15.0. The smallest absolute Gasteiger partial charge is 0.326 e. The number of nitrogens with one attached hydrogen (secondary N) is 1. The van der Waals surface area contributed by atoms with E-state index < -0.39 is 17.9 Å². The summed E-state index contributed by atoms with van der Waals surface area (Å²) in [5.74, 6) is -1.57. The molecule has 96 valence electrons. The van der Waals surface area contributed by atoms with Crippen LogP contribution in [0.3, 0.4) is 0 Å². The normalized spacial score (nSPS) is 11.7. The van der Waals surface area contributed by atoms with Gasteiger partial charge in [-0.05, 0) is 47.2 Å². The van der Waals surface area contributed by atoms with E-state index in [0.717, 1.165) is 3.57 Å². The Hall–Kier alpha value is -1.08. The highest BCUT2D eigenvalue weighted by atomic mass is 127. The SMILES string of the molecule is C=CCC(NC(=O)c1ccc(I)c(Cl)c1)C(=O)O. The molecule has 0 aliphatic heterocycles. The van der Waals surface area contributed by atoms with Crippen LogP contribution in [0.15, 0.2) is 30.9 Å². The molecule has 0 aliphatic rings. The fraction of sp³-hybridized carbons (Fsp3) is 0.167. The molecule has 0 bridgehead atoms. The molecule has 0 radical (unpaired) electrons. The molecule has 18 heavy (non-hydrogen) atoms. The minimum Gasteiger partial charge on any atom is -0.480 e. The molecule has 0 spiro atoms. The maximum atomic E-state index is 11.8. The molecule has 6 heteroatoms. The van der Waals surface area contributed by atoms with Crippen LogP contribution in [0.2, 0.25) is 5.02 Å². The molecule has 1 atom stereocenters. The van der Waals surface area contributed by atoms with Crippen molar-refractivity contribution >= 4 is 46.1 Å². The lowest BCUT2D eigenvalue weighted by Crippen LogP contribution is -2.40. The summed E-state index contributed by atoms with van der Waals surface area (Å²) < 4.78 is 0.826. The van der Waals surface area contributed by atoms with Crippen molar-refractivity contribution in [3.8, 4) is 0 Å². The predicted molar refractivity (Wildman–Crippen MR) is 77.9 cm³/mol. The lowest BCUT2D eigenvalue weighted by Gasteiger charge is -2.12. The number of rotatable bonds is 5. The Balaban J connectivity index is 2.83. The Bertz CT molecular complexity index is 490. The highest BCUT2D eigenvalue weighted by Crippen LogP contribution is 2.19. The zero-order valence-electron chi connectivity index (χ0n) is 9.32. The van der Waals surface area contributed by atoms with Crippen molar-refractivity contribution in [1.82, 2.24) is 5.32 Å². The van der Waals surface area contributed by atoms with Crippen LogP contribution in [0.1, 0.15) is 16.8 Å². The summed E-state index contributed by atoms with van der Waals surface area (Å²) in [6.45, 7) is 3.45. The number of aliphatic carboxylic acids is 1. The summed E-state index contributed by atoms with van der Waals surface area (Å²) in [7, 11) is 0. The largest absolute Gasteiger partial charge is 0.480 e. The summed E-state index contributed by atoms with van der Waals surface area (Å²) in [6, 6.07) is 3.82. The number of amides is 1. The van der Waals surface area contributed by atoms with Crippen LogP contribution in [0, 0.1) is 3.57 Å². The molecule has 0 fully saturated rings. The fourth-order valence-corrected chi connectivity index (χ4v) is 1.78. The molecule has 0 saturated carbocycles. The van der Waals surface area contributed by atoms with Crippen molar-refractivity contribution in [2.24, 2.45) is 0 Å². The van der Waals surface area contributed by atoms with E-state index in [-0.39, 0.29) is 6.42 Å². The van der Waals surface area contributed by atoms with Crippen molar-refractivity contribution in [2.75, 3.05) is 0 Å². The Labute approximate surface area is 123 Å². The van der Waals surface area contributed by atoms with Gasteiger partial charge in [-0.25, -0.2) is 4.79 Å². The van der Waals surface area contributed by atoms with Crippen molar-refractivity contribution in [1.29, 1.82) is 0 Å². The molecule has 1 aromatic carbocycles. The van der Waals surface area contributed by atoms with E-state index in [4.69, 9.17) is 16.7 Å². The third-order valence-corrected chi connectivity index (χ3v) is 3.76. The first-order valence-corrected chi connectivity index (χ1v) is 6.51. The van der Waals surface area contributed by atoms with E-state index in [9.17, 15) is 9.59 Å². The maximum Gasteiger partial charge on any atom is 0.326 e. The number of carbonyl (C=O) groups excluding carboxylic acids is 1. The van der Waals surface area contributed by atoms with Crippen molar-refractivity contribution in [2.45, 2.75) is 12.5 Å². The highest BCUT2D eigenvalue weighted by Gasteiger charge is 2.19. The second kappa shape index (κ2) is 6.75. The number of benzene rings is 1. The molecular formula is C12H11ClINO3. The maximum absolute atomic E-state index is 11.8. The highest BCUT2D eigenvalue weighted by molar-refractivity contribution is 14.1. The minimum absolute atomic E-state index is 0.166. The van der Waals surface area contributed by atoms with E-state index in [1.54, 1.807) is 12.1 Å².